The van der Waals surface area contributed by atoms with Crippen LogP contribution in [0.2, 0.25) is 6.82 Å². The maximum Gasteiger partial charge on any atom is 0.324 e. The fraction of sp³-hybridized carbons (Fsp3) is 0.321. The van der Waals surface area contributed by atoms with Gasteiger partial charge in [0, 0.05) is 16.5 Å². The third-order valence-electron chi connectivity index (χ3n) is 10.7. The van der Waals surface area contributed by atoms with Crippen LogP contribution in [-0.2, 0) is 11.1 Å². The number of benzene rings is 6. The second-order valence-corrected chi connectivity index (χ2v) is 15.8. The third kappa shape index (κ3) is 9.92. The van der Waals surface area contributed by atoms with Gasteiger partial charge in [0.25, 0.3) is 0 Å². The Morgan fingerprint density at radius 2 is 1.12 bits per heavy atom. The monoisotopic (exact) mass is 744 g/mol. The van der Waals surface area contributed by atoms with Crippen molar-refractivity contribution in [2.24, 2.45) is 5.41 Å². The molecule has 0 saturated heterocycles. The predicted octanol–water partition coefficient (Wildman–Crippen LogP) is 15.2. The predicted molar refractivity (Wildman–Crippen MR) is 250 cm³/mol. The second-order valence-electron chi connectivity index (χ2n) is 15.8. The lowest BCUT2D eigenvalue weighted by Crippen LogP contribution is -2.47. The summed E-state index contributed by atoms with van der Waals surface area (Å²) in [7, 11) is 0. The molecule has 292 valence electrons. The molecule has 1 heterocycles. The summed E-state index contributed by atoms with van der Waals surface area (Å²) >= 11 is 0. The van der Waals surface area contributed by atoms with Gasteiger partial charge >= 0.3 is 6.92 Å². The highest BCUT2D eigenvalue weighted by atomic mass is 16.5. The molecule has 2 nitrogen and oxygen atoms in total. The van der Waals surface area contributed by atoms with E-state index in [2.05, 4.69) is 206 Å². The zero-order chi connectivity index (χ0) is 41.0. The molecule has 0 aliphatic carbocycles. The molecule has 7 aromatic rings. The Balaban J connectivity index is 0.000000936. The zero-order valence-corrected chi connectivity index (χ0v) is 36.6. The second kappa shape index (κ2) is 19.8. The minimum atomic E-state index is -0.280. The van der Waals surface area contributed by atoms with Gasteiger partial charge in [0.15, 0.2) is 0 Å². The smallest absolute Gasteiger partial charge is 0.324 e. The van der Waals surface area contributed by atoms with E-state index in [0.29, 0.717) is 0 Å². The highest BCUT2D eigenvalue weighted by Crippen LogP contribution is 2.38. The van der Waals surface area contributed by atoms with E-state index < -0.39 is 0 Å². The van der Waals surface area contributed by atoms with Crippen LogP contribution < -0.4 is 5.46 Å². The summed E-state index contributed by atoms with van der Waals surface area (Å²) in [5.41, 5.74) is 13.4. The van der Waals surface area contributed by atoms with Gasteiger partial charge in [0.05, 0.1) is 16.6 Å². The minimum Gasteiger partial charge on any atom is -0.426 e. The minimum absolute atomic E-state index is 0.0144. The first-order valence-corrected chi connectivity index (χ1v) is 21.0. The van der Waals surface area contributed by atoms with Gasteiger partial charge in [-0.1, -0.05) is 179 Å². The van der Waals surface area contributed by atoms with E-state index in [1.54, 1.807) is 0 Å². The number of hydrogen-bond donors (Lipinski definition) is 0. The van der Waals surface area contributed by atoms with Crippen molar-refractivity contribution < 1.29 is 4.65 Å². The summed E-state index contributed by atoms with van der Waals surface area (Å²) in [6.45, 7) is 27.8. The van der Waals surface area contributed by atoms with Crippen molar-refractivity contribution >= 4 is 34.2 Å². The maximum absolute atomic E-state index is 6.75. The van der Waals surface area contributed by atoms with Gasteiger partial charge in [-0.15, -0.1) is 0 Å². The van der Waals surface area contributed by atoms with Crippen LogP contribution in [0.15, 0.2) is 140 Å². The Morgan fingerprint density at radius 1 is 0.571 bits per heavy atom. The zero-order valence-electron chi connectivity index (χ0n) is 36.6. The standard InChI is InChI=1S/C46H46BNO.C3H8.2C2H6/c1-32-22-26-37(47(7)49-46(5,6)45(2,3)4)31-40(32)41-29-34(23-24-36(41)28-33-16-10-8-11-17-33)35-25-27-44-42(30-35)39-20-14-15-21-43(39)48(44)38-18-12-9-13-19-38;1-3-2;2*1-2/h8-27,29-31H,28H2,1-7H3;3H2,1-2H3;2*1-2H3. The SMILES string of the molecule is CB(OC(C)(C)C(C)(C)C)c1ccc(C)c(-c2cc(-c3ccc4c(c3)c3ccccc3n4-c3ccccc3)ccc2Cc2ccccc2)c1.CC.CC.CCC. The van der Waals surface area contributed by atoms with Crippen molar-refractivity contribution in [1.29, 1.82) is 0 Å². The molecule has 3 heteroatoms. The summed E-state index contributed by atoms with van der Waals surface area (Å²) in [6, 6.07) is 51.1. The van der Waals surface area contributed by atoms with Crippen molar-refractivity contribution in [3.05, 3.63) is 156 Å². The van der Waals surface area contributed by atoms with E-state index in [-0.39, 0.29) is 17.9 Å². The number of rotatable bonds is 8. The lowest BCUT2D eigenvalue weighted by Gasteiger charge is -2.41. The molecule has 0 aliphatic rings. The molecule has 0 aliphatic heterocycles. The van der Waals surface area contributed by atoms with Gasteiger partial charge < -0.3 is 9.22 Å². The van der Waals surface area contributed by atoms with E-state index >= 15 is 0 Å². The molecule has 0 atom stereocenters. The van der Waals surface area contributed by atoms with E-state index in [4.69, 9.17) is 4.65 Å². The van der Waals surface area contributed by atoms with Crippen molar-refractivity contribution in [3.8, 4) is 27.9 Å². The number of hydrogen-bond acceptors (Lipinski definition) is 1. The lowest BCUT2D eigenvalue weighted by molar-refractivity contribution is 0.000450. The van der Waals surface area contributed by atoms with Crippen molar-refractivity contribution in [2.45, 2.75) is 108 Å². The van der Waals surface area contributed by atoms with E-state index in [0.717, 1.165) is 6.42 Å². The van der Waals surface area contributed by atoms with Gasteiger partial charge in [-0.3, -0.25) is 0 Å². The first-order valence-electron chi connectivity index (χ1n) is 21.0. The van der Waals surface area contributed by atoms with E-state index in [9.17, 15) is 0 Å². The maximum atomic E-state index is 6.75. The molecule has 0 bridgehead atoms. The van der Waals surface area contributed by atoms with Crippen LogP contribution in [0.25, 0.3) is 49.7 Å². The van der Waals surface area contributed by atoms with Crippen molar-refractivity contribution in [1.82, 2.24) is 4.57 Å². The fourth-order valence-corrected chi connectivity index (χ4v) is 6.85. The highest BCUT2D eigenvalue weighted by molar-refractivity contribution is 6.66. The Bertz CT molecular complexity index is 2280. The third-order valence-corrected chi connectivity index (χ3v) is 10.7. The Morgan fingerprint density at radius 3 is 1.77 bits per heavy atom. The molecule has 1 aromatic heterocycles. The summed E-state index contributed by atoms with van der Waals surface area (Å²) in [5.74, 6) is 0. The summed E-state index contributed by atoms with van der Waals surface area (Å²) in [6.07, 6.45) is 2.12. The van der Waals surface area contributed by atoms with Gasteiger partial charge in [-0.2, -0.15) is 0 Å². The van der Waals surface area contributed by atoms with Gasteiger partial charge in [0.1, 0.15) is 0 Å². The topological polar surface area (TPSA) is 14.2 Å². The molecule has 0 amide bonds. The molecule has 0 unspecified atom stereocenters. The summed E-state index contributed by atoms with van der Waals surface area (Å²) in [4.78, 5) is 0. The molecule has 0 N–H and O–H groups in total. The van der Waals surface area contributed by atoms with E-state index in [1.807, 2.05) is 27.7 Å². The number of para-hydroxylation sites is 2. The molecule has 7 rings (SSSR count). The van der Waals surface area contributed by atoms with E-state index in [1.165, 1.54) is 78.3 Å². The average Bonchev–Trinajstić information content (AvgIpc) is 3.54. The quantitative estimate of drug-likeness (QED) is 0.141. The van der Waals surface area contributed by atoms with Crippen LogP contribution in [-0.4, -0.2) is 17.1 Å². The average molecular weight is 744 g/mol. The van der Waals surface area contributed by atoms with Crippen molar-refractivity contribution in [2.75, 3.05) is 0 Å². The lowest BCUT2D eigenvalue weighted by atomic mass is 9.61. The Labute approximate surface area is 340 Å². The van der Waals surface area contributed by atoms with Crippen LogP contribution in [0.5, 0.6) is 0 Å². The number of aryl methyl sites for hydroxylation is 1. The van der Waals surface area contributed by atoms with Crippen molar-refractivity contribution in [3.63, 3.8) is 0 Å². The van der Waals surface area contributed by atoms with Gasteiger partial charge in [-0.05, 0) is 113 Å². The number of aromatic nitrogens is 1. The molecular weight excluding hydrogens is 677 g/mol. The Hall–Kier alpha value is -4.86. The van der Waals surface area contributed by atoms with Gasteiger partial charge in [0.2, 0.25) is 0 Å². The van der Waals surface area contributed by atoms with Crippen LogP contribution in [0.3, 0.4) is 0 Å². The highest BCUT2D eigenvalue weighted by Gasteiger charge is 2.36. The first-order chi connectivity index (χ1) is 26.9. The van der Waals surface area contributed by atoms with Crippen LogP contribution in [0.4, 0.5) is 0 Å². The van der Waals surface area contributed by atoms with Crippen LogP contribution >= 0.6 is 0 Å². The summed E-state index contributed by atoms with van der Waals surface area (Å²) in [5, 5.41) is 2.53. The summed E-state index contributed by atoms with van der Waals surface area (Å²) < 4.78 is 9.12. The van der Waals surface area contributed by atoms with Gasteiger partial charge in [-0.25, -0.2) is 0 Å². The normalized spacial score (nSPS) is 11.2. The van der Waals surface area contributed by atoms with Crippen LogP contribution in [0.1, 0.15) is 99.3 Å². The number of nitrogens with zero attached hydrogens (tertiary/aromatic N) is 1. The molecule has 0 fully saturated rings. The molecule has 0 spiro atoms. The largest absolute Gasteiger partial charge is 0.426 e. The first kappa shape index (κ1) is 43.9. The molecular formula is C53H66BNO. The molecule has 0 saturated carbocycles. The molecule has 56 heavy (non-hydrogen) atoms. The van der Waals surface area contributed by atoms with Crippen LogP contribution in [0, 0.1) is 12.3 Å². The Kier molecular flexibility index (Phi) is 15.5. The number of fused-ring (bicyclic) bond motifs is 3. The fourth-order valence-electron chi connectivity index (χ4n) is 6.85. The molecule has 0 radical (unpaired) electrons. The molecule has 6 aromatic carbocycles.